The van der Waals surface area contributed by atoms with Crippen LogP contribution >= 0.6 is 12.2 Å². The van der Waals surface area contributed by atoms with Crippen LogP contribution in [0.2, 0.25) is 0 Å². The summed E-state index contributed by atoms with van der Waals surface area (Å²) >= 11 is 4.75. The van der Waals surface area contributed by atoms with Gasteiger partial charge in [-0.3, -0.25) is 4.79 Å². The van der Waals surface area contributed by atoms with Crippen molar-refractivity contribution in [3.8, 4) is 0 Å². The predicted molar refractivity (Wildman–Crippen MR) is 60.1 cm³/mol. The van der Waals surface area contributed by atoms with E-state index in [9.17, 15) is 4.79 Å². The molecule has 0 aromatic heterocycles. The second-order valence-electron chi connectivity index (χ2n) is 3.01. The maximum atomic E-state index is 11.6. The maximum Gasteiger partial charge on any atom is 0.251 e. The summed E-state index contributed by atoms with van der Waals surface area (Å²) in [5.41, 5.74) is 5.37. The number of carbonyl (C=O) groups is 1. The van der Waals surface area contributed by atoms with Crippen molar-refractivity contribution in [2.75, 3.05) is 20.2 Å². The molecule has 0 rings (SSSR count). The van der Waals surface area contributed by atoms with Crippen LogP contribution in [0.1, 0.15) is 20.3 Å². The van der Waals surface area contributed by atoms with Gasteiger partial charge in [0.15, 0.2) is 0 Å². The topological polar surface area (TPSA) is 55.6 Å². The van der Waals surface area contributed by atoms with Gasteiger partial charge in [-0.05, 0) is 13.8 Å². The largest absolute Gasteiger partial charge is 0.393 e. The molecule has 1 amide bonds. The number of rotatable bonds is 6. The molecule has 1 unspecified atom stereocenters. The highest BCUT2D eigenvalue weighted by Crippen LogP contribution is 1.99. The van der Waals surface area contributed by atoms with Gasteiger partial charge in [-0.1, -0.05) is 12.2 Å². The highest BCUT2D eigenvalue weighted by Gasteiger charge is 2.18. The molecule has 0 aromatic rings. The first-order valence-electron chi connectivity index (χ1n) is 4.62. The van der Waals surface area contributed by atoms with Crippen molar-refractivity contribution >= 4 is 23.1 Å². The number of methoxy groups -OCH3 is 1. The Kier molecular flexibility index (Phi) is 6.40. The Balaban J connectivity index is 4.12. The minimum atomic E-state index is -0.402. The van der Waals surface area contributed by atoms with Crippen molar-refractivity contribution in [2.45, 2.75) is 26.4 Å². The van der Waals surface area contributed by atoms with Crippen LogP contribution in [-0.4, -0.2) is 42.1 Å². The number of likely N-dealkylation sites (N-methyl/N-ethyl adjacent to an activating group) is 1. The molecule has 1 atom stereocenters. The molecular formula is C9H18N2O2S. The van der Waals surface area contributed by atoms with E-state index in [0.29, 0.717) is 24.5 Å². The zero-order valence-electron chi connectivity index (χ0n) is 8.95. The van der Waals surface area contributed by atoms with Crippen molar-refractivity contribution < 1.29 is 9.53 Å². The lowest BCUT2D eigenvalue weighted by Gasteiger charge is -2.23. The Bertz CT molecular complexity index is 209. The van der Waals surface area contributed by atoms with E-state index in [1.165, 1.54) is 7.11 Å². The molecule has 0 radical (unpaired) electrons. The van der Waals surface area contributed by atoms with Crippen LogP contribution in [0.3, 0.4) is 0 Å². The molecule has 2 N–H and O–H groups in total. The number of nitrogens with two attached hydrogens (primary N) is 1. The molecule has 0 aliphatic carbocycles. The third kappa shape index (κ3) is 4.53. The molecule has 0 saturated carbocycles. The molecule has 0 spiro atoms. The monoisotopic (exact) mass is 218 g/mol. The lowest BCUT2D eigenvalue weighted by atomic mass is 10.3. The maximum absolute atomic E-state index is 11.6. The lowest BCUT2D eigenvalue weighted by Crippen LogP contribution is -2.40. The minimum absolute atomic E-state index is 0.0220. The molecule has 4 nitrogen and oxygen atoms in total. The van der Waals surface area contributed by atoms with Crippen LogP contribution in [-0.2, 0) is 9.53 Å². The summed E-state index contributed by atoms with van der Waals surface area (Å²) in [7, 11) is 1.52. The molecule has 0 aliphatic heterocycles. The molecule has 0 fully saturated rings. The van der Waals surface area contributed by atoms with Gasteiger partial charge in [0.2, 0.25) is 0 Å². The van der Waals surface area contributed by atoms with E-state index >= 15 is 0 Å². The Morgan fingerprint density at radius 1 is 1.64 bits per heavy atom. The first kappa shape index (κ1) is 13.3. The molecule has 0 bridgehead atoms. The summed E-state index contributed by atoms with van der Waals surface area (Å²) in [6.07, 6.45) is 0.159. The summed E-state index contributed by atoms with van der Waals surface area (Å²) < 4.78 is 4.95. The summed E-state index contributed by atoms with van der Waals surface area (Å²) in [4.78, 5) is 13.8. The first-order valence-corrected chi connectivity index (χ1v) is 5.03. The van der Waals surface area contributed by atoms with Crippen molar-refractivity contribution in [2.24, 2.45) is 5.73 Å². The van der Waals surface area contributed by atoms with Crippen LogP contribution in [0.25, 0.3) is 0 Å². The summed E-state index contributed by atoms with van der Waals surface area (Å²) in [5, 5.41) is 0. The van der Waals surface area contributed by atoms with Crippen LogP contribution in [0.15, 0.2) is 0 Å². The first-order chi connectivity index (χ1) is 6.52. The molecule has 0 saturated heterocycles. The van der Waals surface area contributed by atoms with E-state index in [4.69, 9.17) is 22.7 Å². The molecule has 5 heteroatoms. The fourth-order valence-electron chi connectivity index (χ4n) is 1.03. The number of thiocarbonyl (C=S) groups is 1. The van der Waals surface area contributed by atoms with Crippen molar-refractivity contribution in [1.82, 2.24) is 4.90 Å². The standard InChI is InChI=1S/C9H18N2O2S/c1-4-11(6-5-8(10)14)9(12)7(2)13-3/h7H,4-6H2,1-3H3,(H2,10,14). The average molecular weight is 218 g/mol. The summed E-state index contributed by atoms with van der Waals surface area (Å²) in [6.45, 7) is 4.86. The van der Waals surface area contributed by atoms with Crippen molar-refractivity contribution in [3.63, 3.8) is 0 Å². The number of amides is 1. The zero-order valence-corrected chi connectivity index (χ0v) is 9.76. The number of ether oxygens (including phenoxy) is 1. The fourth-order valence-corrected chi connectivity index (χ4v) is 1.12. The molecule has 0 heterocycles. The Morgan fingerprint density at radius 3 is 2.57 bits per heavy atom. The Hall–Kier alpha value is -0.680. The number of hydrogen-bond donors (Lipinski definition) is 1. The molecule has 0 aliphatic rings. The van der Waals surface area contributed by atoms with Gasteiger partial charge >= 0.3 is 0 Å². The van der Waals surface area contributed by atoms with Crippen LogP contribution in [0.4, 0.5) is 0 Å². The number of hydrogen-bond acceptors (Lipinski definition) is 3. The quantitative estimate of drug-likeness (QED) is 0.661. The third-order valence-electron chi connectivity index (χ3n) is 2.02. The van der Waals surface area contributed by atoms with E-state index in [-0.39, 0.29) is 5.91 Å². The zero-order chi connectivity index (χ0) is 11.1. The van der Waals surface area contributed by atoms with Crippen LogP contribution < -0.4 is 5.73 Å². The molecule has 14 heavy (non-hydrogen) atoms. The van der Waals surface area contributed by atoms with Crippen LogP contribution in [0.5, 0.6) is 0 Å². The predicted octanol–water partition coefficient (Wildman–Crippen LogP) is 0.546. The van der Waals surface area contributed by atoms with E-state index in [1.807, 2.05) is 6.92 Å². The van der Waals surface area contributed by atoms with E-state index < -0.39 is 6.10 Å². The number of carbonyl (C=O) groups excluding carboxylic acids is 1. The van der Waals surface area contributed by atoms with Gasteiger partial charge in [0.1, 0.15) is 6.10 Å². The SMILES string of the molecule is CCN(CCC(N)=S)C(=O)C(C)OC. The van der Waals surface area contributed by atoms with E-state index in [1.54, 1.807) is 11.8 Å². The van der Waals surface area contributed by atoms with Gasteiger partial charge in [-0.15, -0.1) is 0 Å². The Labute approximate surface area is 90.4 Å². The lowest BCUT2D eigenvalue weighted by molar-refractivity contribution is -0.140. The van der Waals surface area contributed by atoms with E-state index in [0.717, 1.165) is 0 Å². The summed E-state index contributed by atoms with van der Waals surface area (Å²) in [6, 6.07) is 0. The van der Waals surface area contributed by atoms with Gasteiger partial charge < -0.3 is 15.4 Å². The smallest absolute Gasteiger partial charge is 0.251 e. The van der Waals surface area contributed by atoms with Gasteiger partial charge in [-0.2, -0.15) is 0 Å². The fraction of sp³-hybridized carbons (Fsp3) is 0.778. The Morgan fingerprint density at radius 2 is 2.21 bits per heavy atom. The van der Waals surface area contributed by atoms with Crippen molar-refractivity contribution in [1.29, 1.82) is 0 Å². The molecule has 0 aromatic carbocycles. The van der Waals surface area contributed by atoms with Gasteiger partial charge in [0.05, 0.1) is 4.99 Å². The average Bonchev–Trinajstić information content (AvgIpc) is 2.16. The van der Waals surface area contributed by atoms with Crippen LogP contribution in [0, 0.1) is 0 Å². The van der Waals surface area contributed by atoms with Crippen molar-refractivity contribution in [3.05, 3.63) is 0 Å². The van der Waals surface area contributed by atoms with Gasteiger partial charge in [-0.25, -0.2) is 0 Å². The highest BCUT2D eigenvalue weighted by atomic mass is 32.1. The molecule has 82 valence electrons. The van der Waals surface area contributed by atoms with Gasteiger partial charge in [0.25, 0.3) is 5.91 Å². The summed E-state index contributed by atoms with van der Waals surface area (Å²) in [5.74, 6) is -0.0220. The second-order valence-corrected chi connectivity index (χ2v) is 3.54. The molecular weight excluding hydrogens is 200 g/mol. The number of nitrogens with zero attached hydrogens (tertiary/aromatic N) is 1. The van der Waals surface area contributed by atoms with Gasteiger partial charge in [0, 0.05) is 26.6 Å². The normalized spacial score (nSPS) is 12.2. The highest BCUT2D eigenvalue weighted by molar-refractivity contribution is 7.80. The van der Waals surface area contributed by atoms with E-state index in [2.05, 4.69) is 0 Å². The second kappa shape index (κ2) is 6.73. The third-order valence-corrected chi connectivity index (χ3v) is 2.23. The minimum Gasteiger partial charge on any atom is -0.393 e.